The second kappa shape index (κ2) is 11.6. The molecule has 3 rings (SSSR count). The number of hydrogen-bond donors (Lipinski definition) is 1. The molecule has 0 radical (unpaired) electrons. The summed E-state index contributed by atoms with van der Waals surface area (Å²) in [6.45, 7) is 1.31. The van der Waals surface area contributed by atoms with Gasteiger partial charge in [0.1, 0.15) is 23.8 Å². The largest absolute Gasteiger partial charge is 0.483 e. The third-order valence-corrected chi connectivity index (χ3v) is 4.99. The Morgan fingerprint density at radius 1 is 1.14 bits per heavy atom. The second-order valence-corrected chi connectivity index (χ2v) is 7.36. The van der Waals surface area contributed by atoms with Crippen LogP contribution >= 0.6 is 0 Å². The fraction of sp³-hybridized carbons (Fsp3) is 0.160. The summed E-state index contributed by atoms with van der Waals surface area (Å²) in [5.41, 5.74) is -1.07. The van der Waals surface area contributed by atoms with Gasteiger partial charge in [0.05, 0.1) is 0 Å². The minimum atomic E-state index is -1.24. The lowest BCUT2D eigenvalue weighted by Crippen LogP contribution is -2.32. The van der Waals surface area contributed by atoms with Crippen molar-refractivity contribution in [3.63, 3.8) is 0 Å². The molecule has 0 saturated carbocycles. The standard InChI is InChI=1S/C25H21F2N3O5/c1-2-3-11-30-14-19(24(32)28-13-17-9-10-18(26)12-20(17)27)22(31)23(21(30)25(33)29-34)35-15-16-7-5-4-6-8-16/h2-10,12,14H,11,13,15H2,1H3,(H,28,32). The van der Waals surface area contributed by atoms with E-state index in [1.807, 2.05) is 0 Å². The Kier molecular flexibility index (Phi) is 8.33. The molecule has 0 bridgehead atoms. The number of allylic oxidation sites excluding steroid dienone is 2. The van der Waals surface area contributed by atoms with Crippen LogP contribution in [0.25, 0.3) is 0 Å². The van der Waals surface area contributed by atoms with E-state index in [9.17, 15) is 28.1 Å². The number of rotatable bonds is 9. The van der Waals surface area contributed by atoms with Gasteiger partial charge in [-0.15, -0.1) is 4.91 Å². The SMILES string of the molecule is CC=CCn1cc(C(=O)NCc2ccc(F)cc2F)c(=O)c(OCc2ccccc2)c1C(=O)N=O. The van der Waals surface area contributed by atoms with Crippen LogP contribution in [0.5, 0.6) is 5.75 Å². The van der Waals surface area contributed by atoms with Gasteiger partial charge in [-0.25, -0.2) is 8.78 Å². The number of pyridine rings is 1. The summed E-state index contributed by atoms with van der Waals surface area (Å²) in [5.74, 6) is -4.26. The zero-order valence-electron chi connectivity index (χ0n) is 18.7. The van der Waals surface area contributed by atoms with Crippen molar-refractivity contribution in [2.45, 2.75) is 26.6 Å². The van der Waals surface area contributed by atoms with Crippen LogP contribution in [0.4, 0.5) is 8.78 Å². The Morgan fingerprint density at radius 2 is 1.89 bits per heavy atom. The van der Waals surface area contributed by atoms with E-state index in [1.54, 1.807) is 49.4 Å². The van der Waals surface area contributed by atoms with Gasteiger partial charge in [0.25, 0.3) is 5.91 Å². The van der Waals surface area contributed by atoms with Crippen LogP contribution in [0, 0.1) is 16.5 Å². The molecule has 180 valence electrons. The van der Waals surface area contributed by atoms with Gasteiger partial charge in [-0.3, -0.25) is 14.4 Å². The van der Waals surface area contributed by atoms with Crippen molar-refractivity contribution in [3.8, 4) is 5.75 Å². The zero-order chi connectivity index (χ0) is 25.4. The van der Waals surface area contributed by atoms with E-state index in [-0.39, 0.29) is 25.3 Å². The molecule has 0 aliphatic carbocycles. The van der Waals surface area contributed by atoms with Crippen LogP contribution < -0.4 is 15.5 Å². The van der Waals surface area contributed by atoms with Crippen molar-refractivity contribution in [1.29, 1.82) is 0 Å². The molecule has 0 aliphatic heterocycles. The van der Waals surface area contributed by atoms with Gasteiger partial charge in [-0.1, -0.05) is 48.6 Å². The molecule has 0 saturated heterocycles. The molecule has 0 aliphatic rings. The summed E-state index contributed by atoms with van der Waals surface area (Å²) in [6.07, 6.45) is 4.40. The Balaban J connectivity index is 2.02. The van der Waals surface area contributed by atoms with Crippen LogP contribution in [0.1, 0.15) is 38.9 Å². The lowest BCUT2D eigenvalue weighted by Gasteiger charge is -2.16. The lowest BCUT2D eigenvalue weighted by atomic mass is 10.1. The number of carbonyl (C=O) groups excluding carboxylic acids is 2. The molecule has 3 aromatic rings. The van der Waals surface area contributed by atoms with E-state index in [1.165, 1.54) is 10.6 Å². The third kappa shape index (κ3) is 6.11. The molecule has 1 N–H and O–H groups in total. The maximum absolute atomic E-state index is 13.9. The zero-order valence-corrected chi connectivity index (χ0v) is 18.7. The van der Waals surface area contributed by atoms with Crippen LogP contribution in [-0.4, -0.2) is 16.4 Å². The summed E-state index contributed by atoms with van der Waals surface area (Å²) in [7, 11) is 0. The molecule has 2 aromatic carbocycles. The highest BCUT2D eigenvalue weighted by Crippen LogP contribution is 2.19. The lowest BCUT2D eigenvalue weighted by molar-refractivity contribution is 0.0941. The van der Waals surface area contributed by atoms with E-state index < -0.39 is 45.9 Å². The predicted molar refractivity (Wildman–Crippen MR) is 124 cm³/mol. The number of carbonyl (C=O) groups is 2. The smallest absolute Gasteiger partial charge is 0.337 e. The molecule has 1 heterocycles. The Hall–Kier alpha value is -4.47. The number of aromatic nitrogens is 1. The molecule has 0 fully saturated rings. The number of ether oxygens (including phenoxy) is 1. The number of halogens is 2. The van der Waals surface area contributed by atoms with Gasteiger partial charge in [0.2, 0.25) is 5.43 Å². The molecule has 0 unspecified atom stereocenters. The number of hydrogen-bond acceptors (Lipinski definition) is 5. The van der Waals surface area contributed by atoms with Gasteiger partial charge in [0.15, 0.2) is 11.4 Å². The van der Waals surface area contributed by atoms with Gasteiger partial charge in [-0.05, 0) is 18.6 Å². The molecule has 10 heteroatoms. The van der Waals surface area contributed by atoms with Gasteiger partial charge in [0, 0.05) is 36.1 Å². The fourth-order valence-electron chi connectivity index (χ4n) is 3.23. The number of amides is 2. The maximum Gasteiger partial charge on any atom is 0.337 e. The average Bonchev–Trinajstić information content (AvgIpc) is 2.86. The first-order valence-corrected chi connectivity index (χ1v) is 10.5. The molecule has 2 amide bonds. The van der Waals surface area contributed by atoms with Crippen molar-refractivity contribution in [2.24, 2.45) is 5.18 Å². The maximum atomic E-state index is 13.9. The quantitative estimate of drug-likeness (QED) is 0.366. The molecule has 35 heavy (non-hydrogen) atoms. The first kappa shape index (κ1) is 25.2. The molecular weight excluding hydrogens is 460 g/mol. The Labute approximate surface area is 198 Å². The third-order valence-electron chi connectivity index (χ3n) is 4.99. The van der Waals surface area contributed by atoms with Crippen LogP contribution in [0.3, 0.4) is 0 Å². The van der Waals surface area contributed by atoms with Crippen LogP contribution in [-0.2, 0) is 19.7 Å². The highest BCUT2D eigenvalue weighted by atomic mass is 19.1. The van der Waals surface area contributed by atoms with E-state index in [2.05, 4.69) is 10.5 Å². The number of benzene rings is 2. The molecule has 1 aromatic heterocycles. The van der Waals surface area contributed by atoms with Gasteiger partial charge in [-0.2, -0.15) is 0 Å². The van der Waals surface area contributed by atoms with Gasteiger partial charge < -0.3 is 14.6 Å². The summed E-state index contributed by atoms with van der Waals surface area (Å²) < 4.78 is 33.9. The monoisotopic (exact) mass is 481 g/mol. The predicted octanol–water partition coefficient (Wildman–Crippen LogP) is 4.12. The summed E-state index contributed by atoms with van der Waals surface area (Å²) in [5, 5.41) is 4.83. The van der Waals surface area contributed by atoms with Crippen molar-refractivity contribution in [2.75, 3.05) is 0 Å². The number of nitroso groups, excluding NO2 is 1. The Bertz CT molecular complexity index is 1340. The van der Waals surface area contributed by atoms with Crippen LogP contribution in [0.2, 0.25) is 0 Å². The van der Waals surface area contributed by atoms with Crippen molar-refractivity contribution in [1.82, 2.24) is 9.88 Å². The van der Waals surface area contributed by atoms with Crippen LogP contribution in [0.15, 0.2) is 76.9 Å². The second-order valence-electron chi connectivity index (χ2n) is 7.36. The minimum Gasteiger partial charge on any atom is -0.483 e. The number of nitrogens with one attached hydrogen (secondary N) is 1. The minimum absolute atomic E-state index is 0.00601. The van der Waals surface area contributed by atoms with E-state index in [0.717, 1.165) is 12.3 Å². The molecule has 0 spiro atoms. The average molecular weight is 481 g/mol. The first-order valence-electron chi connectivity index (χ1n) is 10.5. The summed E-state index contributed by atoms with van der Waals surface area (Å²) >= 11 is 0. The van der Waals surface area contributed by atoms with E-state index in [4.69, 9.17) is 4.74 Å². The Morgan fingerprint density at radius 3 is 2.54 bits per heavy atom. The van der Waals surface area contributed by atoms with E-state index >= 15 is 0 Å². The van der Waals surface area contributed by atoms with Crippen molar-refractivity contribution in [3.05, 3.63) is 116 Å². The topological polar surface area (TPSA) is 107 Å². The van der Waals surface area contributed by atoms with E-state index in [0.29, 0.717) is 11.6 Å². The summed E-state index contributed by atoms with van der Waals surface area (Å²) in [4.78, 5) is 49.4. The highest BCUT2D eigenvalue weighted by molar-refractivity contribution is 5.99. The summed E-state index contributed by atoms with van der Waals surface area (Å²) in [6, 6.07) is 11.6. The van der Waals surface area contributed by atoms with Crippen molar-refractivity contribution >= 4 is 11.8 Å². The molecule has 8 nitrogen and oxygen atoms in total. The van der Waals surface area contributed by atoms with Crippen molar-refractivity contribution < 1.29 is 23.1 Å². The first-order chi connectivity index (χ1) is 16.8. The highest BCUT2D eigenvalue weighted by Gasteiger charge is 2.26. The number of nitrogens with zero attached hydrogens (tertiary/aromatic N) is 2. The fourth-order valence-corrected chi connectivity index (χ4v) is 3.23. The normalized spacial score (nSPS) is 10.8. The molecular formula is C25H21F2N3O5. The molecule has 0 atom stereocenters. The van der Waals surface area contributed by atoms with Gasteiger partial charge >= 0.3 is 5.91 Å².